The molecule has 1 saturated heterocycles. The Morgan fingerprint density at radius 3 is 2.48 bits per heavy atom. The van der Waals surface area contributed by atoms with Gasteiger partial charge in [0.2, 0.25) is 6.10 Å². The number of rotatable bonds is 1. The van der Waals surface area contributed by atoms with E-state index in [1.54, 1.807) is 4.90 Å². The molecule has 1 aromatic carbocycles. The lowest BCUT2D eigenvalue weighted by atomic mass is 10.1. The molecule has 110 valence electrons. The summed E-state index contributed by atoms with van der Waals surface area (Å²) in [7, 11) is 0. The topological polar surface area (TPSA) is 88.2 Å². The lowest BCUT2D eigenvalue weighted by Crippen LogP contribution is -2.52. The van der Waals surface area contributed by atoms with E-state index >= 15 is 0 Å². The molecule has 1 fully saturated rings. The second-order valence-electron chi connectivity index (χ2n) is 4.95. The Morgan fingerprint density at radius 2 is 1.86 bits per heavy atom. The molecular weight excluding hydrogens is 272 g/mol. The third-order valence-electron chi connectivity index (χ3n) is 3.62. The van der Waals surface area contributed by atoms with E-state index in [9.17, 15) is 9.59 Å². The van der Waals surface area contributed by atoms with E-state index in [4.69, 9.17) is 10.5 Å². The molecule has 2 aliphatic rings. The fraction of sp³-hybridized carbons (Fsp3) is 0.357. The van der Waals surface area contributed by atoms with Gasteiger partial charge in [0.15, 0.2) is 0 Å². The maximum atomic E-state index is 12.0. The van der Waals surface area contributed by atoms with Crippen LogP contribution in [0.4, 0.5) is 4.79 Å². The van der Waals surface area contributed by atoms with Crippen LogP contribution in [0.3, 0.4) is 0 Å². The standard InChI is InChI=1S/C14H16N4O3/c15-13(20)17-6-8-18(9-7-17)14-16-12(19)11(21-14)10-4-2-1-3-5-10/h1-5,11H,6-9H2,(H2,15,20). The van der Waals surface area contributed by atoms with Gasteiger partial charge in [-0.3, -0.25) is 4.79 Å². The summed E-state index contributed by atoms with van der Waals surface area (Å²) < 4.78 is 5.69. The summed E-state index contributed by atoms with van der Waals surface area (Å²) >= 11 is 0. The van der Waals surface area contributed by atoms with Gasteiger partial charge in [-0.25, -0.2) is 4.79 Å². The van der Waals surface area contributed by atoms with Crippen LogP contribution in [0.25, 0.3) is 0 Å². The number of piperazine rings is 1. The van der Waals surface area contributed by atoms with Gasteiger partial charge in [0, 0.05) is 31.7 Å². The van der Waals surface area contributed by atoms with Crippen molar-refractivity contribution in [2.45, 2.75) is 6.10 Å². The first-order valence-corrected chi connectivity index (χ1v) is 6.78. The van der Waals surface area contributed by atoms with Crippen molar-refractivity contribution in [1.82, 2.24) is 9.80 Å². The molecule has 21 heavy (non-hydrogen) atoms. The van der Waals surface area contributed by atoms with Crippen LogP contribution in [0.15, 0.2) is 35.3 Å². The first kappa shape index (κ1) is 13.4. The maximum Gasteiger partial charge on any atom is 0.314 e. The zero-order valence-electron chi connectivity index (χ0n) is 11.4. The molecule has 2 aliphatic heterocycles. The molecule has 0 bridgehead atoms. The number of carbonyl (C=O) groups excluding carboxylic acids is 2. The number of hydrogen-bond donors (Lipinski definition) is 1. The summed E-state index contributed by atoms with van der Waals surface area (Å²) in [6, 6.07) is 9.18. The van der Waals surface area contributed by atoms with Gasteiger partial charge in [0.25, 0.3) is 11.9 Å². The van der Waals surface area contributed by atoms with E-state index in [1.807, 2.05) is 35.2 Å². The number of primary amides is 1. The molecule has 3 amide bonds. The van der Waals surface area contributed by atoms with Crippen molar-refractivity contribution < 1.29 is 14.3 Å². The summed E-state index contributed by atoms with van der Waals surface area (Å²) in [6.07, 6.45) is -0.671. The highest BCUT2D eigenvalue weighted by atomic mass is 16.5. The highest BCUT2D eigenvalue weighted by Gasteiger charge is 2.34. The molecule has 2 heterocycles. The number of ether oxygens (including phenoxy) is 1. The van der Waals surface area contributed by atoms with Crippen LogP contribution in [0.2, 0.25) is 0 Å². The number of carbonyl (C=O) groups is 2. The molecule has 1 aromatic rings. The van der Waals surface area contributed by atoms with Gasteiger partial charge in [-0.15, -0.1) is 0 Å². The number of amides is 3. The minimum atomic E-state index is -0.671. The van der Waals surface area contributed by atoms with Crippen molar-refractivity contribution in [3.63, 3.8) is 0 Å². The third-order valence-corrected chi connectivity index (χ3v) is 3.62. The molecule has 0 saturated carbocycles. The van der Waals surface area contributed by atoms with Gasteiger partial charge in [-0.05, 0) is 0 Å². The van der Waals surface area contributed by atoms with Crippen molar-refractivity contribution in [3.8, 4) is 0 Å². The summed E-state index contributed by atoms with van der Waals surface area (Å²) in [5, 5.41) is 0. The average molecular weight is 288 g/mol. The molecule has 7 nitrogen and oxygen atoms in total. The van der Waals surface area contributed by atoms with Crippen LogP contribution in [0.5, 0.6) is 0 Å². The van der Waals surface area contributed by atoms with E-state index in [-0.39, 0.29) is 5.91 Å². The predicted molar refractivity (Wildman–Crippen MR) is 75.4 cm³/mol. The minimum Gasteiger partial charge on any atom is -0.446 e. The fourth-order valence-electron chi connectivity index (χ4n) is 2.44. The van der Waals surface area contributed by atoms with Crippen LogP contribution in [-0.2, 0) is 9.53 Å². The van der Waals surface area contributed by atoms with Crippen molar-refractivity contribution in [1.29, 1.82) is 0 Å². The Balaban J connectivity index is 1.65. The molecule has 3 rings (SSSR count). The second-order valence-corrected chi connectivity index (χ2v) is 4.95. The van der Waals surface area contributed by atoms with Crippen molar-refractivity contribution in [2.75, 3.05) is 26.2 Å². The molecule has 0 aliphatic carbocycles. The summed E-state index contributed by atoms with van der Waals surface area (Å²) in [4.78, 5) is 30.5. The maximum absolute atomic E-state index is 12.0. The SMILES string of the molecule is NC(=O)N1CCN(C2=NC(=O)C(c3ccccc3)O2)CC1. The Labute approximate surface area is 122 Å². The molecule has 1 atom stereocenters. The molecule has 0 spiro atoms. The van der Waals surface area contributed by atoms with Gasteiger partial charge in [-0.2, -0.15) is 4.99 Å². The highest BCUT2D eigenvalue weighted by molar-refractivity contribution is 5.99. The van der Waals surface area contributed by atoms with Crippen LogP contribution in [0, 0.1) is 0 Å². The van der Waals surface area contributed by atoms with Crippen molar-refractivity contribution in [2.24, 2.45) is 10.7 Å². The fourth-order valence-corrected chi connectivity index (χ4v) is 2.44. The number of amidine groups is 1. The van der Waals surface area contributed by atoms with Gasteiger partial charge >= 0.3 is 6.03 Å². The van der Waals surface area contributed by atoms with E-state index in [2.05, 4.69) is 4.99 Å². The molecular formula is C14H16N4O3. The van der Waals surface area contributed by atoms with Gasteiger partial charge in [0.1, 0.15) is 0 Å². The number of aliphatic imine (C=N–C) groups is 1. The van der Waals surface area contributed by atoms with Gasteiger partial charge in [0.05, 0.1) is 0 Å². The van der Waals surface area contributed by atoms with E-state index in [0.717, 1.165) is 5.56 Å². The third kappa shape index (κ3) is 2.67. The van der Waals surface area contributed by atoms with Gasteiger partial charge < -0.3 is 20.3 Å². The Kier molecular flexibility index (Phi) is 3.47. The van der Waals surface area contributed by atoms with Crippen LogP contribution >= 0.6 is 0 Å². The number of nitrogens with zero attached hydrogens (tertiary/aromatic N) is 3. The van der Waals surface area contributed by atoms with Crippen LogP contribution in [-0.4, -0.2) is 53.9 Å². The number of urea groups is 1. The monoisotopic (exact) mass is 288 g/mol. The Hall–Kier alpha value is -2.57. The van der Waals surface area contributed by atoms with E-state index in [0.29, 0.717) is 32.2 Å². The highest BCUT2D eigenvalue weighted by Crippen LogP contribution is 2.25. The lowest BCUT2D eigenvalue weighted by Gasteiger charge is -2.34. The van der Waals surface area contributed by atoms with Crippen LogP contribution < -0.4 is 5.73 Å². The minimum absolute atomic E-state index is 0.298. The molecule has 2 N–H and O–H groups in total. The zero-order chi connectivity index (χ0) is 14.8. The smallest absolute Gasteiger partial charge is 0.314 e. The van der Waals surface area contributed by atoms with Crippen LogP contribution in [0.1, 0.15) is 11.7 Å². The number of benzene rings is 1. The largest absolute Gasteiger partial charge is 0.446 e. The van der Waals surface area contributed by atoms with E-state index in [1.165, 1.54) is 0 Å². The normalized spacial score (nSPS) is 22.0. The average Bonchev–Trinajstić information content (AvgIpc) is 2.90. The summed E-state index contributed by atoms with van der Waals surface area (Å²) in [5.74, 6) is -0.298. The molecule has 0 aromatic heterocycles. The van der Waals surface area contributed by atoms with Crippen molar-refractivity contribution in [3.05, 3.63) is 35.9 Å². The quantitative estimate of drug-likeness (QED) is 0.807. The first-order valence-electron chi connectivity index (χ1n) is 6.78. The molecule has 7 heteroatoms. The predicted octanol–water partition coefficient (Wildman–Crippen LogP) is 0.337. The van der Waals surface area contributed by atoms with Crippen molar-refractivity contribution >= 4 is 18.0 Å². The zero-order valence-corrected chi connectivity index (χ0v) is 11.4. The second kappa shape index (κ2) is 5.43. The first-order chi connectivity index (χ1) is 10.1. The summed E-state index contributed by atoms with van der Waals surface area (Å²) in [6.45, 7) is 2.11. The number of hydrogen-bond acceptors (Lipinski definition) is 4. The molecule has 0 radical (unpaired) electrons. The van der Waals surface area contributed by atoms with Gasteiger partial charge in [-0.1, -0.05) is 30.3 Å². The Morgan fingerprint density at radius 1 is 1.19 bits per heavy atom. The molecule has 1 unspecified atom stereocenters. The summed E-state index contributed by atoms with van der Waals surface area (Å²) in [5.41, 5.74) is 6.03. The lowest BCUT2D eigenvalue weighted by molar-refractivity contribution is -0.123. The van der Waals surface area contributed by atoms with E-state index < -0.39 is 12.1 Å². The number of nitrogens with two attached hydrogens (primary N) is 1. The Bertz CT molecular complexity index is 579.